The highest BCUT2D eigenvalue weighted by Gasteiger charge is 2.18. The van der Waals surface area contributed by atoms with Crippen LogP contribution in [0.4, 0.5) is 51.2 Å². The molecule has 3 heteroatoms. The van der Waals surface area contributed by atoms with Crippen molar-refractivity contribution in [3.63, 3.8) is 0 Å². The van der Waals surface area contributed by atoms with E-state index >= 15 is 0 Å². The summed E-state index contributed by atoms with van der Waals surface area (Å²) in [5, 5.41) is 7.20. The highest BCUT2D eigenvalue weighted by Crippen LogP contribution is 2.42. The van der Waals surface area contributed by atoms with Crippen LogP contribution < -0.4 is 14.7 Å². The predicted octanol–water partition coefficient (Wildman–Crippen LogP) is 18.9. The molecule has 0 fully saturated rings. The van der Waals surface area contributed by atoms with Gasteiger partial charge in [-0.1, -0.05) is 170 Å². The van der Waals surface area contributed by atoms with Gasteiger partial charge in [-0.15, -0.1) is 0 Å². The monoisotopic (exact) mass is 881 g/mol. The Bertz CT molecular complexity index is 3410. The van der Waals surface area contributed by atoms with Crippen LogP contribution in [0.1, 0.15) is 0 Å². The minimum absolute atomic E-state index is 1.09. The molecule has 0 aliphatic carbocycles. The van der Waals surface area contributed by atoms with Gasteiger partial charge >= 0.3 is 0 Å². The fourth-order valence-electron chi connectivity index (χ4n) is 9.74. The predicted molar refractivity (Wildman–Crippen MR) is 294 cm³/mol. The van der Waals surface area contributed by atoms with Gasteiger partial charge in [-0.2, -0.15) is 0 Å². The molecule has 12 aromatic rings. The lowest BCUT2D eigenvalue weighted by atomic mass is 9.99. The number of anilines is 9. The van der Waals surface area contributed by atoms with Gasteiger partial charge in [-0.25, -0.2) is 0 Å². The Morgan fingerprint density at radius 3 is 0.928 bits per heavy atom. The van der Waals surface area contributed by atoms with Crippen LogP contribution >= 0.6 is 0 Å². The molecule has 0 N–H and O–H groups in total. The average molecular weight is 882 g/mol. The minimum atomic E-state index is 1.09. The van der Waals surface area contributed by atoms with E-state index in [1.807, 2.05) is 0 Å². The van der Waals surface area contributed by atoms with Crippen LogP contribution in [0.5, 0.6) is 0 Å². The summed E-state index contributed by atoms with van der Waals surface area (Å²) in [6.07, 6.45) is 0. The minimum Gasteiger partial charge on any atom is -0.310 e. The number of rotatable bonds is 11. The number of para-hydroxylation sites is 4. The molecular weight excluding hydrogens is 835 g/mol. The third-order valence-electron chi connectivity index (χ3n) is 13.1. The van der Waals surface area contributed by atoms with Gasteiger partial charge in [0.2, 0.25) is 0 Å². The number of fused-ring (bicyclic) bond motifs is 3. The van der Waals surface area contributed by atoms with Gasteiger partial charge < -0.3 is 14.7 Å². The van der Waals surface area contributed by atoms with Gasteiger partial charge in [-0.05, 0) is 164 Å². The molecule has 0 saturated carbocycles. The first-order valence-electron chi connectivity index (χ1n) is 23.6. The van der Waals surface area contributed by atoms with Crippen molar-refractivity contribution in [3.8, 4) is 22.3 Å². The van der Waals surface area contributed by atoms with Gasteiger partial charge in [0.05, 0.1) is 5.69 Å². The van der Waals surface area contributed by atoms with Crippen LogP contribution in [-0.2, 0) is 0 Å². The molecule has 0 amide bonds. The molecule has 0 bridgehead atoms. The van der Waals surface area contributed by atoms with Crippen molar-refractivity contribution in [1.29, 1.82) is 0 Å². The fourth-order valence-corrected chi connectivity index (χ4v) is 9.74. The Balaban J connectivity index is 0.851. The van der Waals surface area contributed by atoms with Crippen molar-refractivity contribution in [3.05, 3.63) is 285 Å². The molecule has 12 aromatic carbocycles. The average Bonchev–Trinajstić information content (AvgIpc) is 3.42. The van der Waals surface area contributed by atoms with Crippen LogP contribution in [0.2, 0.25) is 0 Å². The molecule has 0 radical (unpaired) electrons. The molecule has 0 atom stereocenters. The molecule has 0 aliphatic heterocycles. The third-order valence-corrected chi connectivity index (χ3v) is 13.1. The number of benzene rings is 12. The molecule has 3 nitrogen and oxygen atoms in total. The smallest absolute Gasteiger partial charge is 0.0540 e. The Hall–Kier alpha value is -9.18. The number of hydrogen-bond donors (Lipinski definition) is 0. The first-order valence-corrected chi connectivity index (χ1v) is 23.6. The Kier molecular flexibility index (Phi) is 10.9. The van der Waals surface area contributed by atoms with Crippen molar-refractivity contribution >= 4 is 83.5 Å². The standard InChI is InChI=1S/C66H47N3/c1-5-18-57(19-6-1)67(58-20-7-2-8-21-58)63-42-36-53-44-51(28-30-55(53)46-63)48-32-38-61(39-33-48)69(66-27-15-17-50-16-13-14-26-65(50)66)62-40-34-49(35-41-62)52-29-31-56-47-64(43-37-54(56)45-52)68(59-22-9-3-10-23-59)60-24-11-4-12-25-60/h1-47H. The zero-order chi connectivity index (χ0) is 45.9. The second-order valence-electron chi connectivity index (χ2n) is 17.4. The molecular formula is C66H47N3. The molecule has 69 heavy (non-hydrogen) atoms. The van der Waals surface area contributed by atoms with E-state index in [9.17, 15) is 0 Å². The zero-order valence-electron chi connectivity index (χ0n) is 38.0. The molecule has 0 aliphatic rings. The summed E-state index contributed by atoms with van der Waals surface area (Å²) in [5.41, 5.74) is 14.8. The maximum absolute atomic E-state index is 2.39. The lowest BCUT2D eigenvalue weighted by molar-refractivity contribution is 1.29. The van der Waals surface area contributed by atoms with Crippen LogP contribution in [0, 0.1) is 0 Å². The zero-order valence-corrected chi connectivity index (χ0v) is 38.0. The lowest BCUT2D eigenvalue weighted by Crippen LogP contribution is -2.10. The lowest BCUT2D eigenvalue weighted by Gasteiger charge is -2.27. The summed E-state index contributed by atoms with van der Waals surface area (Å²) >= 11 is 0. The van der Waals surface area contributed by atoms with Crippen LogP contribution in [0.15, 0.2) is 285 Å². The second kappa shape index (κ2) is 18.2. The summed E-state index contributed by atoms with van der Waals surface area (Å²) in [5.74, 6) is 0. The van der Waals surface area contributed by atoms with Crippen molar-refractivity contribution in [1.82, 2.24) is 0 Å². The molecule has 0 spiro atoms. The van der Waals surface area contributed by atoms with E-state index in [-0.39, 0.29) is 0 Å². The maximum Gasteiger partial charge on any atom is 0.0540 e. The Morgan fingerprint density at radius 1 is 0.174 bits per heavy atom. The largest absolute Gasteiger partial charge is 0.310 e. The number of hydrogen-bond acceptors (Lipinski definition) is 3. The van der Waals surface area contributed by atoms with Gasteiger partial charge in [0.1, 0.15) is 0 Å². The Labute approximate surface area is 403 Å². The first kappa shape index (κ1) is 41.3. The van der Waals surface area contributed by atoms with Gasteiger partial charge in [0, 0.05) is 50.9 Å². The second-order valence-corrected chi connectivity index (χ2v) is 17.4. The van der Waals surface area contributed by atoms with E-state index in [1.54, 1.807) is 0 Å². The maximum atomic E-state index is 2.39. The van der Waals surface area contributed by atoms with E-state index < -0.39 is 0 Å². The van der Waals surface area contributed by atoms with E-state index in [4.69, 9.17) is 0 Å². The molecule has 0 unspecified atom stereocenters. The molecule has 326 valence electrons. The van der Waals surface area contributed by atoms with Crippen molar-refractivity contribution in [2.45, 2.75) is 0 Å². The van der Waals surface area contributed by atoms with Crippen LogP contribution in [0.25, 0.3) is 54.6 Å². The van der Waals surface area contributed by atoms with Gasteiger partial charge in [0.15, 0.2) is 0 Å². The molecule has 12 rings (SSSR count). The third kappa shape index (κ3) is 8.24. The van der Waals surface area contributed by atoms with Crippen LogP contribution in [0.3, 0.4) is 0 Å². The quantitative estimate of drug-likeness (QED) is 0.128. The van der Waals surface area contributed by atoms with Crippen molar-refractivity contribution in [2.75, 3.05) is 14.7 Å². The summed E-state index contributed by atoms with van der Waals surface area (Å²) in [7, 11) is 0. The van der Waals surface area contributed by atoms with E-state index in [0.29, 0.717) is 0 Å². The fraction of sp³-hybridized carbons (Fsp3) is 0. The summed E-state index contributed by atoms with van der Waals surface area (Å²) in [6, 6.07) is 103. The highest BCUT2D eigenvalue weighted by molar-refractivity contribution is 6.00. The summed E-state index contributed by atoms with van der Waals surface area (Å²) in [6.45, 7) is 0. The van der Waals surface area contributed by atoms with Gasteiger partial charge in [-0.3, -0.25) is 0 Å². The highest BCUT2D eigenvalue weighted by atomic mass is 15.2. The van der Waals surface area contributed by atoms with E-state index in [0.717, 1.165) is 51.2 Å². The summed E-state index contributed by atoms with van der Waals surface area (Å²) in [4.78, 5) is 7.01. The molecule has 0 heterocycles. The topological polar surface area (TPSA) is 9.72 Å². The normalized spacial score (nSPS) is 11.2. The molecule has 0 saturated heterocycles. The molecule has 0 aromatic heterocycles. The SMILES string of the molecule is c1ccc(N(c2ccccc2)c2ccc3cc(-c4ccc(N(c5ccc(-c6ccc7cc(N(c8ccccc8)c8ccccc8)ccc7c6)cc5)c5cccc6ccccc56)cc4)ccc3c2)cc1. The van der Waals surface area contributed by atoms with Gasteiger partial charge in [0.25, 0.3) is 0 Å². The Morgan fingerprint density at radius 2 is 0.493 bits per heavy atom. The van der Waals surface area contributed by atoms with Crippen molar-refractivity contribution < 1.29 is 0 Å². The number of nitrogens with zero attached hydrogens (tertiary/aromatic N) is 3. The van der Waals surface area contributed by atoms with Crippen molar-refractivity contribution in [2.24, 2.45) is 0 Å². The van der Waals surface area contributed by atoms with E-state index in [2.05, 4.69) is 300 Å². The summed E-state index contributed by atoms with van der Waals surface area (Å²) < 4.78 is 0. The van der Waals surface area contributed by atoms with Crippen LogP contribution in [-0.4, -0.2) is 0 Å². The first-order chi connectivity index (χ1) is 34.2. The van der Waals surface area contributed by atoms with E-state index in [1.165, 1.54) is 54.6 Å².